The second-order valence-corrected chi connectivity index (χ2v) is 9.46. The lowest BCUT2D eigenvalue weighted by Crippen LogP contribution is -2.12. The third-order valence-corrected chi connectivity index (χ3v) is 5.70. The van der Waals surface area contributed by atoms with Gasteiger partial charge in [0.25, 0.3) is 0 Å². The molecule has 0 aromatic carbocycles. The van der Waals surface area contributed by atoms with E-state index in [1.165, 1.54) is 0 Å². The number of Topliss-reactive ketones (excluding diaryl/α,β-unsaturated/α-hetero) is 3. The third-order valence-electron chi connectivity index (χ3n) is 5.70. The fourth-order valence-corrected chi connectivity index (χ4v) is 3.40. The molecule has 0 radical (unpaired) electrons. The van der Waals surface area contributed by atoms with Gasteiger partial charge in [0.2, 0.25) is 0 Å². The highest BCUT2D eigenvalue weighted by atomic mass is 16.5. The molecule has 0 aliphatic heterocycles. The molecule has 11 nitrogen and oxygen atoms in total. The van der Waals surface area contributed by atoms with E-state index in [9.17, 15) is 14.4 Å². The van der Waals surface area contributed by atoms with Gasteiger partial charge in [-0.1, -0.05) is 6.92 Å². The van der Waals surface area contributed by atoms with Gasteiger partial charge in [-0.15, -0.1) is 0 Å². The number of carbonyl (C=O) groups excluding carboxylic acids is 3. The summed E-state index contributed by atoms with van der Waals surface area (Å²) in [6, 6.07) is 0. The molecular formula is C30H56O11. The maximum Gasteiger partial charge on any atom is 0.135 e. The maximum atomic E-state index is 11.9. The summed E-state index contributed by atoms with van der Waals surface area (Å²) in [7, 11) is 1.62. The predicted molar refractivity (Wildman–Crippen MR) is 154 cm³/mol. The Balaban J connectivity index is 3.30. The van der Waals surface area contributed by atoms with Gasteiger partial charge in [-0.25, -0.2) is 0 Å². The Labute approximate surface area is 247 Å². The first-order valence-corrected chi connectivity index (χ1v) is 15.2. The fourth-order valence-electron chi connectivity index (χ4n) is 3.40. The number of carbonyl (C=O) groups is 3. The molecule has 242 valence electrons. The van der Waals surface area contributed by atoms with Gasteiger partial charge < -0.3 is 37.9 Å². The summed E-state index contributed by atoms with van der Waals surface area (Å²) in [5, 5.41) is 0. The van der Waals surface area contributed by atoms with E-state index < -0.39 is 0 Å². The number of hydrogen-bond acceptors (Lipinski definition) is 11. The Bertz CT molecular complexity index is 601. The van der Waals surface area contributed by atoms with Gasteiger partial charge in [0, 0.05) is 72.1 Å². The van der Waals surface area contributed by atoms with Gasteiger partial charge in [0.05, 0.1) is 72.7 Å². The average molecular weight is 593 g/mol. The van der Waals surface area contributed by atoms with Crippen molar-refractivity contribution in [3.8, 4) is 0 Å². The van der Waals surface area contributed by atoms with E-state index in [4.69, 9.17) is 37.9 Å². The van der Waals surface area contributed by atoms with E-state index in [1.807, 2.05) is 0 Å². The Hall–Kier alpha value is -1.31. The van der Waals surface area contributed by atoms with E-state index in [-0.39, 0.29) is 17.3 Å². The number of hydrogen-bond donors (Lipinski definition) is 0. The van der Waals surface area contributed by atoms with Crippen molar-refractivity contribution in [2.24, 2.45) is 0 Å². The molecule has 0 heterocycles. The minimum absolute atomic E-state index is 0.143. The molecule has 0 fully saturated rings. The molecule has 41 heavy (non-hydrogen) atoms. The van der Waals surface area contributed by atoms with Crippen molar-refractivity contribution < 1.29 is 52.3 Å². The van der Waals surface area contributed by atoms with Crippen molar-refractivity contribution in [1.82, 2.24) is 0 Å². The van der Waals surface area contributed by atoms with E-state index >= 15 is 0 Å². The Morgan fingerprint density at radius 3 is 0.976 bits per heavy atom. The molecule has 0 aliphatic rings. The number of rotatable bonds is 35. The summed E-state index contributed by atoms with van der Waals surface area (Å²) < 4.78 is 42.7. The first-order chi connectivity index (χ1) is 20.1. The first-order valence-electron chi connectivity index (χ1n) is 15.2. The van der Waals surface area contributed by atoms with Crippen LogP contribution in [-0.2, 0) is 52.3 Å². The largest absolute Gasteiger partial charge is 0.382 e. The highest BCUT2D eigenvalue weighted by molar-refractivity contribution is 5.79. The Morgan fingerprint density at radius 2 is 0.659 bits per heavy atom. The van der Waals surface area contributed by atoms with Crippen LogP contribution in [0, 0.1) is 0 Å². The maximum absolute atomic E-state index is 11.9. The third kappa shape index (κ3) is 33.1. The van der Waals surface area contributed by atoms with Crippen LogP contribution in [0.1, 0.15) is 71.1 Å². The lowest BCUT2D eigenvalue weighted by atomic mass is 10.2. The summed E-state index contributed by atoms with van der Waals surface area (Å²) in [6.07, 6.45) is 5.66. The lowest BCUT2D eigenvalue weighted by molar-refractivity contribution is -0.121. The van der Waals surface area contributed by atoms with Crippen LogP contribution in [0.4, 0.5) is 0 Å². The van der Waals surface area contributed by atoms with E-state index in [2.05, 4.69) is 6.92 Å². The summed E-state index contributed by atoms with van der Waals surface area (Å²) in [5.41, 5.74) is 0. The molecule has 0 aromatic heterocycles. The quantitative estimate of drug-likeness (QED) is 0.101. The summed E-state index contributed by atoms with van der Waals surface area (Å²) in [5.74, 6) is 0.485. The minimum Gasteiger partial charge on any atom is -0.382 e. The minimum atomic E-state index is 0.143. The second-order valence-electron chi connectivity index (χ2n) is 9.46. The van der Waals surface area contributed by atoms with Crippen LogP contribution in [-0.4, -0.2) is 124 Å². The number of methoxy groups -OCH3 is 1. The van der Waals surface area contributed by atoms with Crippen LogP contribution >= 0.6 is 0 Å². The topological polar surface area (TPSA) is 125 Å². The average Bonchev–Trinajstić information content (AvgIpc) is 2.96. The highest BCUT2D eigenvalue weighted by Crippen LogP contribution is 2.00. The smallest absolute Gasteiger partial charge is 0.135 e. The van der Waals surface area contributed by atoms with Gasteiger partial charge in [-0.3, -0.25) is 14.4 Å². The zero-order valence-corrected chi connectivity index (χ0v) is 25.7. The van der Waals surface area contributed by atoms with Crippen LogP contribution in [0.3, 0.4) is 0 Å². The summed E-state index contributed by atoms with van der Waals surface area (Å²) in [6.45, 7) is 9.49. The van der Waals surface area contributed by atoms with Gasteiger partial charge >= 0.3 is 0 Å². The van der Waals surface area contributed by atoms with Crippen LogP contribution < -0.4 is 0 Å². The van der Waals surface area contributed by atoms with Crippen molar-refractivity contribution >= 4 is 17.3 Å². The molecule has 0 amide bonds. The van der Waals surface area contributed by atoms with Crippen molar-refractivity contribution in [1.29, 1.82) is 0 Å². The van der Waals surface area contributed by atoms with Crippen LogP contribution in [0.2, 0.25) is 0 Å². The predicted octanol–water partition coefficient (Wildman–Crippen LogP) is 3.38. The van der Waals surface area contributed by atoms with Gasteiger partial charge in [-0.05, 0) is 25.7 Å². The first kappa shape index (κ1) is 39.7. The molecule has 11 heteroatoms. The van der Waals surface area contributed by atoms with Crippen molar-refractivity contribution in [3.05, 3.63) is 0 Å². The molecule has 0 aliphatic carbocycles. The standard InChI is InChI=1S/C30H56O11/c1-3-13-35-22-25-39-17-10-29(32)8-5-15-37-24-27-41-19-12-30(33)9-6-16-38-23-26-40-18-11-28(31)7-4-14-36-21-20-34-2/h3-27H2,1-2H3. The van der Waals surface area contributed by atoms with Crippen LogP contribution in [0.5, 0.6) is 0 Å². The van der Waals surface area contributed by atoms with E-state index in [0.717, 1.165) is 13.0 Å². The van der Waals surface area contributed by atoms with Crippen molar-refractivity contribution in [3.63, 3.8) is 0 Å². The molecule has 0 atom stereocenters. The molecule has 0 saturated carbocycles. The van der Waals surface area contributed by atoms with Gasteiger partial charge in [0.15, 0.2) is 0 Å². The van der Waals surface area contributed by atoms with Gasteiger partial charge in [-0.2, -0.15) is 0 Å². The van der Waals surface area contributed by atoms with Crippen LogP contribution in [0.15, 0.2) is 0 Å². The zero-order chi connectivity index (χ0) is 30.1. The molecule has 0 rings (SSSR count). The molecule has 0 bridgehead atoms. The molecule has 0 N–H and O–H groups in total. The fraction of sp³-hybridized carbons (Fsp3) is 0.900. The zero-order valence-electron chi connectivity index (χ0n) is 25.7. The monoisotopic (exact) mass is 592 g/mol. The Morgan fingerprint density at radius 1 is 0.366 bits per heavy atom. The molecular weight excluding hydrogens is 536 g/mol. The van der Waals surface area contributed by atoms with E-state index in [0.29, 0.717) is 150 Å². The van der Waals surface area contributed by atoms with Crippen molar-refractivity contribution in [2.45, 2.75) is 71.1 Å². The Kier molecular flexibility index (Phi) is 32.1. The SMILES string of the molecule is CCCOCCOCCC(=O)CCCOCCOCCC(=O)CCCOCCOCCC(=O)CCCOCCOC. The second kappa shape index (κ2) is 33.2. The van der Waals surface area contributed by atoms with E-state index in [1.54, 1.807) is 7.11 Å². The summed E-state index contributed by atoms with van der Waals surface area (Å²) >= 11 is 0. The molecule has 0 saturated heterocycles. The summed E-state index contributed by atoms with van der Waals surface area (Å²) in [4.78, 5) is 35.5. The molecule has 0 unspecified atom stereocenters. The lowest BCUT2D eigenvalue weighted by Gasteiger charge is -2.07. The number of ketones is 3. The van der Waals surface area contributed by atoms with Gasteiger partial charge in [0.1, 0.15) is 17.3 Å². The highest BCUT2D eigenvalue weighted by Gasteiger charge is 2.05. The normalized spacial score (nSPS) is 11.3. The molecule has 0 aromatic rings. The van der Waals surface area contributed by atoms with Crippen LogP contribution in [0.25, 0.3) is 0 Å². The molecule has 0 spiro atoms. The number of ether oxygens (including phenoxy) is 8. The van der Waals surface area contributed by atoms with Crippen molar-refractivity contribution in [2.75, 3.05) is 106 Å².